The second-order valence-corrected chi connectivity index (χ2v) is 13.9. The molecule has 11 rings (SSSR count). The molecule has 2 aliphatic heterocycles. The zero-order valence-electron chi connectivity index (χ0n) is 29.4. The van der Waals surface area contributed by atoms with Crippen LogP contribution < -0.4 is 20.9 Å². The molecule has 4 N–H and O–H groups in total. The van der Waals surface area contributed by atoms with Gasteiger partial charge in [-0.1, -0.05) is 97.1 Å². The number of ether oxygens (including phenoxy) is 2. The molecule has 2 atom stereocenters. The van der Waals surface area contributed by atoms with Crippen LogP contribution in [0.25, 0.3) is 65.7 Å². The molecule has 7 aromatic carbocycles. The number of para-hydroxylation sites is 4. The third-order valence-corrected chi connectivity index (χ3v) is 10.9. The predicted molar refractivity (Wildman–Crippen MR) is 214 cm³/mol. The van der Waals surface area contributed by atoms with Crippen LogP contribution in [0.1, 0.15) is 34.1 Å². The average Bonchev–Trinajstić information content (AvgIpc) is 3.24. The molecule has 10 heteroatoms. The second kappa shape index (κ2) is 11.7. The zero-order valence-corrected chi connectivity index (χ0v) is 29.4. The van der Waals surface area contributed by atoms with Crippen LogP contribution >= 0.6 is 0 Å². The Balaban J connectivity index is 1.15. The highest BCUT2D eigenvalue weighted by molar-refractivity contribution is 6.13. The molecule has 0 saturated heterocycles. The van der Waals surface area contributed by atoms with Crippen molar-refractivity contribution in [3.63, 3.8) is 0 Å². The van der Waals surface area contributed by atoms with Gasteiger partial charge in [0.05, 0.1) is 56.0 Å². The number of hydrogen-bond acceptors (Lipinski definition) is 10. The van der Waals surface area contributed by atoms with E-state index in [9.17, 15) is 10.5 Å². The van der Waals surface area contributed by atoms with Crippen molar-refractivity contribution in [1.82, 2.24) is 19.9 Å². The van der Waals surface area contributed by atoms with Crippen molar-refractivity contribution in [1.29, 1.82) is 10.5 Å². The van der Waals surface area contributed by atoms with E-state index in [0.717, 1.165) is 54.7 Å². The topological polar surface area (TPSA) is 170 Å². The van der Waals surface area contributed by atoms with Crippen molar-refractivity contribution >= 4 is 65.7 Å². The molecule has 4 heterocycles. The summed E-state index contributed by atoms with van der Waals surface area (Å²) in [5, 5.41) is 24.6. The van der Waals surface area contributed by atoms with Gasteiger partial charge in [0.15, 0.2) is 0 Å². The molecule has 0 amide bonds. The zero-order chi connectivity index (χ0) is 37.7. The van der Waals surface area contributed by atoms with E-state index in [2.05, 4.69) is 12.1 Å². The van der Waals surface area contributed by atoms with E-state index >= 15 is 0 Å². The van der Waals surface area contributed by atoms with Gasteiger partial charge < -0.3 is 20.9 Å². The van der Waals surface area contributed by atoms with E-state index in [-0.39, 0.29) is 22.9 Å². The lowest BCUT2D eigenvalue weighted by Crippen LogP contribution is -2.23. The highest BCUT2D eigenvalue weighted by Crippen LogP contribution is 2.52. The minimum atomic E-state index is -0.639. The molecule has 0 saturated carbocycles. The van der Waals surface area contributed by atoms with Crippen LogP contribution in [0, 0.1) is 22.7 Å². The Bertz CT molecular complexity index is 3150. The van der Waals surface area contributed by atoms with Crippen molar-refractivity contribution in [3.8, 4) is 23.6 Å². The van der Waals surface area contributed by atoms with Crippen LogP contribution in [-0.2, 0) is 0 Å². The van der Waals surface area contributed by atoms with Crippen molar-refractivity contribution in [2.75, 3.05) is 0 Å². The molecule has 0 bridgehead atoms. The third kappa shape index (κ3) is 4.35. The molecule has 9 aromatic rings. The minimum absolute atomic E-state index is 0.0253. The number of allylic oxidation sites excluding steroid dienone is 2. The molecule has 2 unspecified atom stereocenters. The summed E-state index contributed by atoms with van der Waals surface area (Å²) in [5.74, 6) is -0.156. The van der Waals surface area contributed by atoms with Gasteiger partial charge in [0.2, 0.25) is 11.8 Å². The summed E-state index contributed by atoms with van der Waals surface area (Å²) >= 11 is 0. The lowest BCUT2D eigenvalue weighted by molar-refractivity contribution is 0.398. The first kappa shape index (κ1) is 31.4. The monoisotopic (exact) mass is 722 g/mol. The Kier molecular flexibility index (Phi) is 6.58. The van der Waals surface area contributed by atoms with Gasteiger partial charge in [0.25, 0.3) is 0 Å². The quantitative estimate of drug-likeness (QED) is 0.130. The van der Waals surface area contributed by atoms with Crippen molar-refractivity contribution < 1.29 is 9.47 Å². The van der Waals surface area contributed by atoms with Gasteiger partial charge in [0, 0.05) is 32.7 Å². The van der Waals surface area contributed by atoms with E-state index in [0.29, 0.717) is 44.7 Å². The Morgan fingerprint density at radius 2 is 0.750 bits per heavy atom. The van der Waals surface area contributed by atoms with Crippen LogP contribution in [0.15, 0.2) is 144 Å². The summed E-state index contributed by atoms with van der Waals surface area (Å²) in [4.78, 5) is 20.4. The number of benzene rings is 7. The molecule has 56 heavy (non-hydrogen) atoms. The molecule has 0 fully saturated rings. The molecule has 2 aromatic heterocycles. The summed E-state index contributed by atoms with van der Waals surface area (Å²) in [6.07, 6.45) is 0. The van der Waals surface area contributed by atoms with Gasteiger partial charge in [-0.2, -0.15) is 10.5 Å². The van der Waals surface area contributed by atoms with Gasteiger partial charge in [-0.3, -0.25) is 0 Å². The SMILES string of the molecule is N#CC1=C(N)Oc2c(c3nc4ccccc4nc3c3ccccc23)C1c1ccc(C2C(C#N)=C(N)Oc3c2c2nc4ccccc4nc2c2ccccc32)cc1. The Morgan fingerprint density at radius 1 is 0.429 bits per heavy atom. The van der Waals surface area contributed by atoms with E-state index in [1.807, 2.05) is 121 Å². The fourth-order valence-electron chi connectivity index (χ4n) is 8.48. The number of nitrogens with two attached hydrogens (primary N) is 2. The molecule has 2 aliphatic rings. The van der Waals surface area contributed by atoms with Crippen LogP contribution in [0.2, 0.25) is 0 Å². The highest BCUT2D eigenvalue weighted by atomic mass is 16.5. The standard InChI is InChI=1S/C46H26N8O2/c47-21-29-35(37-41-39(51-31-13-5-7-15-33(31)53-41)25-9-1-3-11-27(25)43(37)55-45(29)49)23-17-19-24(20-18-23)36-30(22-48)46(50)56-44-28-12-4-2-10-26(28)40-42(38(36)44)54-34-16-8-6-14-32(34)52-40/h1-20,35-36H,49-50H2. The molecule has 10 nitrogen and oxygen atoms in total. The average molecular weight is 723 g/mol. The van der Waals surface area contributed by atoms with Crippen LogP contribution in [0.5, 0.6) is 11.5 Å². The number of aromatic nitrogens is 4. The summed E-state index contributed by atoms with van der Waals surface area (Å²) in [5.41, 5.74) is 22.2. The van der Waals surface area contributed by atoms with Gasteiger partial charge in [-0.15, -0.1) is 0 Å². The maximum Gasteiger partial charge on any atom is 0.205 e. The fourth-order valence-corrected chi connectivity index (χ4v) is 8.48. The smallest absolute Gasteiger partial charge is 0.205 e. The molecule has 0 spiro atoms. The molecule has 0 aliphatic carbocycles. The van der Waals surface area contributed by atoms with E-state index in [4.69, 9.17) is 40.9 Å². The maximum absolute atomic E-state index is 10.6. The summed E-state index contributed by atoms with van der Waals surface area (Å²) < 4.78 is 12.6. The van der Waals surface area contributed by atoms with Crippen molar-refractivity contribution in [2.24, 2.45) is 11.5 Å². The Morgan fingerprint density at radius 3 is 1.11 bits per heavy atom. The lowest BCUT2D eigenvalue weighted by Gasteiger charge is -2.30. The molecule has 0 radical (unpaired) electrons. The van der Waals surface area contributed by atoms with Gasteiger partial charge in [-0.05, 0) is 35.4 Å². The molecular weight excluding hydrogens is 697 g/mol. The Labute approximate surface area is 318 Å². The Hall–Kier alpha value is -8.08. The first-order valence-electron chi connectivity index (χ1n) is 18.0. The minimum Gasteiger partial charge on any atom is -0.439 e. The summed E-state index contributed by atoms with van der Waals surface area (Å²) in [6, 6.07) is 43.7. The predicted octanol–water partition coefficient (Wildman–Crippen LogP) is 8.62. The first-order chi connectivity index (χ1) is 27.5. The van der Waals surface area contributed by atoms with Crippen LogP contribution in [0.3, 0.4) is 0 Å². The maximum atomic E-state index is 10.6. The van der Waals surface area contributed by atoms with Gasteiger partial charge in [-0.25, -0.2) is 19.9 Å². The summed E-state index contributed by atoms with van der Waals surface area (Å²) in [7, 11) is 0. The number of nitrogens with zero attached hydrogens (tertiary/aromatic N) is 6. The van der Waals surface area contributed by atoms with E-state index in [1.165, 1.54) is 0 Å². The lowest BCUT2D eigenvalue weighted by atomic mass is 9.78. The second-order valence-electron chi connectivity index (χ2n) is 13.9. The largest absolute Gasteiger partial charge is 0.439 e. The van der Waals surface area contributed by atoms with Gasteiger partial charge >= 0.3 is 0 Å². The summed E-state index contributed by atoms with van der Waals surface area (Å²) in [6.45, 7) is 0. The molecular formula is C46H26N8O2. The highest BCUT2D eigenvalue weighted by Gasteiger charge is 2.38. The number of nitriles is 2. The first-order valence-corrected chi connectivity index (χ1v) is 18.0. The number of fused-ring (bicyclic) bond motifs is 14. The van der Waals surface area contributed by atoms with E-state index in [1.54, 1.807) is 0 Å². The molecule has 262 valence electrons. The van der Waals surface area contributed by atoms with Crippen LogP contribution in [-0.4, -0.2) is 19.9 Å². The van der Waals surface area contributed by atoms with E-state index < -0.39 is 11.8 Å². The third-order valence-electron chi connectivity index (χ3n) is 10.9. The number of rotatable bonds is 2. The normalized spacial score (nSPS) is 16.5. The van der Waals surface area contributed by atoms with Crippen molar-refractivity contribution in [2.45, 2.75) is 11.8 Å². The van der Waals surface area contributed by atoms with Crippen molar-refractivity contribution in [3.05, 3.63) is 166 Å². The number of hydrogen-bond donors (Lipinski definition) is 2. The fraction of sp³-hybridized carbons (Fsp3) is 0.0435. The van der Waals surface area contributed by atoms with Crippen LogP contribution in [0.4, 0.5) is 0 Å². The van der Waals surface area contributed by atoms with Gasteiger partial charge in [0.1, 0.15) is 34.8 Å².